The van der Waals surface area contributed by atoms with E-state index >= 15 is 0 Å². The van der Waals surface area contributed by atoms with Gasteiger partial charge in [-0.15, -0.1) is 0 Å². The van der Waals surface area contributed by atoms with Crippen molar-refractivity contribution in [3.63, 3.8) is 0 Å². The summed E-state index contributed by atoms with van der Waals surface area (Å²) in [6, 6.07) is 2.65. The molecular weight excluding hydrogens is 184 g/mol. The molecule has 0 aliphatic heterocycles. The fourth-order valence-electron chi connectivity index (χ4n) is 4.73. The van der Waals surface area contributed by atoms with Gasteiger partial charge in [0, 0.05) is 0 Å². The van der Waals surface area contributed by atoms with Gasteiger partial charge in [-0.1, -0.05) is 6.92 Å². The zero-order chi connectivity index (χ0) is 10.5. The highest BCUT2D eigenvalue weighted by Gasteiger charge is 2.57. The molecule has 0 aromatic carbocycles. The third-order valence-corrected chi connectivity index (χ3v) is 5.08. The first-order valence-electron chi connectivity index (χ1n) is 6.44. The first-order valence-corrected chi connectivity index (χ1v) is 6.44. The van der Waals surface area contributed by atoms with Crippen molar-refractivity contribution >= 4 is 0 Å². The van der Waals surface area contributed by atoms with Crippen LogP contribution in [0.1, 0.15) is 39.0 Å². The molecule has 4 aliphatic rings. The largest absolute Gasteiger partial charge is 0.299 e. The summed E-state index contributed by atoms with van der Waals surface area (Å²) in [6.07, 6.45) is 6.71. The molecule has 82 valence electrons. The first-order chi connectivity index (χ1) is 7.28. The van der Waals surface area contributed by atoms with Crippen LogP contribution in [0.15, 0.2) is 0 Å². The molecule has 0 aromatic heterocycles. The van der Waals surface area contributed by atoms with Crippen molar-refractivity contribution in [3.8, 4) is 6.07 Å². The lowest BCUT2D eigenvalue weighted by Gasteiger charge is -2.58. The molecule has 4 bridgehead atoms. The van der Waals surface area contributed by atoms with Crippen LogP contribution in [0.3, 0.4) is 0 Å². The highest BCUT2D eigenvalue weighted by atomic mass is 15.0. The fraction of sp³-hybridized carbons (Fsp3) is 0.923. The van der Waals surface area contributed by atoms with Crippen LogP contribution in [0.2, 0.25) is 0 Å². The normalized spacial score (nSPS) is 51.7. The van der Waals surface area contributed by atoms with Crippen molar-refractivity contribution in [2.24, 2.45) is 23.7 Å². The van der Waals surface area contributed by atoms with Crippen LogP contribution in [0.5, 0.6) is 0 Å². The Bertz CT molecular complexity index is 274. The van der Waals surface area contributed by atoms with E-state index in [1.165, 1.54) is 32.1 Å². The van der Waals surface area contributed by atoms with Crippen LogP contribution in [0.25, 0.3) is 0 Å². The second-order valence-electron chi connectivity index (χ2n) is 5.82. The van der Waals surface area contributed by atoms with Crippen molar-refractivity contribution < 1.29 is 0 Å². The van der Waals surface area contributed by atoms with Crippen molar-refractivity contribution in [1.82, 2.24) is 5.32 Å². The van der Waals surface area contributed by atoms with Gasteiger partial charge in [0.2, 0.25) is 0 Å². The van der Waals surface area contributed by atoms with E-state index in [4.69, 9.17) is 0 Å². The average molecular weight is 204 g/mol. The molecule has 4 saturated carbocycles. The van der Waals surface area contributed by atoms with Crippen LogP contribution >= 0.6 is 0 Å². The molecule has 15 heavy (non-hydrogen) atoms. The van der Waals surface area contributed by atoms with E-state index in [0.29, 0.717) is 11.8 Å². The van der Waals surface area contributed by atoms with Gasteiger partial charge < -0.3 is 0 Å². The molecule has 0 unspecified atom stereocenters. The number of hydrogen-bond donors (Lipinski definition) is 1. The summed E-state index contributed by atoms with van der Waals surface area (Å²) in [5.41, 5.74) is -0.151. The van der Waals surface area contributed by atoms with Crippen LogP contribution in [0.4, 0.5) is 0 Å². The predicted molar refractivity (Wildman–Crippen MR) is 59.1 cm³/mol. The zero-order valence-corrected chi connectivity index (χ0v) is 9.50. The molecule has 0 heterocycles. The highest BCUT2D eigenvalue weighted by molar-refractivity contribution is 5.21. The Morgan fingerprint density at radius 2 is 1.67 bits per heavy atom. The second kappa shape index (κ2) is 3.22. The minimum Gasteiger partial charge on any atom is -0.299 e. The monoisotopic (exact) mass is 204 g/mol. The predicted octanol–water partition coefficient (Wildman–Crippen LogP) is 2.31. The summed E-state index contributed by atoms with van der Waals surface area (Å²) in [5, 5.41) is 13.1. The Labute approximate surface area is 92.0 Å². The lowest BCUT2D eigenvalue weighted by atomic mass is 9.49. The van der Waals surface area contributed by atoms with Crippen molar-refractivity contribution in [2.75, 3.05) is 6.54 Å². The third kappa shape index (κ3) is 1.19. The van der Waals surface area contributed by atoms with E-state index < -0.39 is 0 Å². The SMILES string of the molecule is CCNC1(C#N)C2CC3CC(C2)CC1C3. The minimum atomic E-state index is -0.151. The summed E-state index contributed by atoms with van der Waals surface area (Å²) >= 11 is 0. The quantitative estimate of drug-likeness (QED) is 0.749. The van der Waals surface area contributed by atoms with Gasteiger partial charge in [0.1, 0.15) is 5.54 Å². The van der Waals surface area contributed by atoms with Crippen LogP contribution < -0.4 is 5.32 Å². The van der Waals surface area contributed by atoms with Gasteiger partial charge in [0.25, 0.3) is 0 Å². The van der Waals surface area contributed by atoms with Crippen molar-refractivity contribution in [3.05, 3.63) is 0 Å². The number of nitrogens with zero attached hydrogens (tertiary/aromatic N) is 1. The zero-order valence-electron chi connectivity index (χ0n) is 9.50. The van der Waals surface area contributed by atoms with Gasteiger partial charge in [0.05, 0.1) is 6.07 Å². The molecule has 2 nitrogen and oxygen atoms in total. The Morgan fingerprint density at radius 1 is 1.13 bits per heavy atom. The van der Waals surface area contributed by atoms with Gasteiger partial charge in [-0.25, -0.2) is 0 Å². The van der Waals surface area contributed by atoms with E-state index in [1.54, 1.807) is 0 Å². The molecule has 4 rings (SSSR count). The first kappa shape index (κ1) is 9.66. The maximum Gasteiger partial charge on any atom is 0.112 e. The standard InChI is InChI=1S/C13H20N2/c1-2-15-13(8-14)11-4-9-3-10(6-11)7-12(13)5-9/h9-12,15H,2-7H2,1H3. The van der Waals surface area contributed by atoms with E-state index in [-0.39, 0.29) is 5.54 Å². The lowest BCUT2D eigenvalue weighted by molar-refractivity contribution is -0.0458. The van der Waals surface area contributed by atoms with Gasteiger partial charge >= 0.3 is 0 Å². The average Bonchev–Trinajstić information content (AvgIpc) is 2.23. The van der Waals surface area contributed by atoms with Gasteiger partial charge in [0.15, 0.2) is 0 Å². The maximum absolute atomic E-state index is 9.57. The molecule has 0 radical (unpaired) electrons. The van der Waals surface area contributed by atoms with Crippen LogP contribution in [-0.4, -0.2) is 12.1 Å². The van der Waals surface area contributed by atoms with Crippen molar-refractivity contribution in [2.45, 2.75) is 44.6 Å². The summed E-state index contributed by atoms with van der Waals surface area (Å²) in [7, 11) is 0. The topological polar surface area (TPSA) is 35.8 Å². The molecule has 0 saturated heterocycles. The summed E-state index contributed by atoms with van der Waals surface area (Å²) in [6.45, 7) is 3.07. The highest BCUT2D eigenvalue weighted by Crippen LogP contribution is 2.57. The second-order valence-corrected chi connectivity index (χ2v) is 5.82. The summed E-state index contributed by atoms with van der Waals surface area (Å²) in [4.78, 5) is 0. The third-order valence-electron chi connectivity index (χ3n) is 5.08. The summed E-state index contributed by atoms with van der Waals surface area (Å²) in [5.74, 6) is 3.21. The van der Waals surface area contributed by atoms with E-state index in [1.807, 2.05) is 0 Å². The molecule has 1 N–H and O–H groups in total. The number of hydrogen-bond acceptors (Lipinski definition) is 2. The van der Waals surface area contributed by atoms with Crippen LogP contribution in [0, 0.1) is 35.0 Å². The molecular formula is C13H20N2. The molecule has 2 heteroatoms. The number of rotatable bonds is 2. The smallest absolute Gasteiger partial charge is 0.112 e. The summed E-state index contributed by atoms with van der Waals surface area (Å²) < 4.78 is 0. The van der Waals surface area contributed by atoms with Crippen molar-refractivity contribution in [1.29, 1.82) is 5.26 Å². The maximum atomic E-state index is 9.57. The Balaban J connectivity index is 1.93. The fourth-order valence-corrected chi connectivity index (χ4v) is 4.73. The van der Waals surface area contributed by atoms with Crippen LogP contribution in [-0.2, 0) is 0 Å². The molecule has 0 amide bonds. The number of nitrogens with one attached hydrogen (secondary N) is 1. The molecule has 0 spiro atoms. The Hall–Kier alpha value is -0.550. The Kier molecular flexibility index (Phi) is 2.07. The van der Waals surface area contributed by atoms with Gasteiger partial charge in [-0.05, 0) is 62.3 Å². The molecule has 4 aliphatic carbocycles. The minimum absolute atomic E-state index is 0.151. The van der Waals surface area contributed by atoms with E-state index in [0.717, 1.165) is 18.4 Å². The molecule has 4 fully saturated rings. The molecule has 0 aromatic rings. The van der Waals surface area contributed by atoms with Gasteiger partial charge in [-0.3, -0.25) is 5.32 Å². The number of nitriles is 1. The van der Waals surface area contributed by atoms with E-state index in [9.17, 15) is 5.26 Å². The Morgan fingerprint density at radius 3 is 2.07 bits per heavy atom. The van der Waals surface area contributed by atoms with E-state index in [2.05, 4.69) is 18.3 Å². The molecule has 0 atom stereocenters. The lowest BCUT2D eigenvalue weighted by Crippen LogP contribution is -2.64. The van der Waals surface area contributed by atoms with Gasteiger partial charge in [-0.2, -0.15) is 5.26 Å².